The molecule has 0 aliphatic carbocycles. The number of rotatable bonds is 0. The van der Waals surface area contributed by atoms with E-state index in [9.17, 15) is 4.79 Å². The molecule has 0 heterocycles. The minimum absolute atomic E-state index is 0.0873. The number of amidine groups is 1. The van der Waals surface area contributed by atoms with E-state index in [-0.39, 0.29) is 5.17 Å². The van der Waals surface area contributed by atoms with Gasteiger partial charge in [-0.3, -0.25) is 19.8 Å². The fourth-order valence-corrected chi connectivity index (χ4v) is 0.633. The lowest BCUT2D eigenvalue weighted by Crippen LogP contribution is -2.34. The van der Waals surface area contributed by atoms with Gasteiger partial charge in [0.2, 0.25) is 0 Å². The Labute approximate surface area is 104 Å². The van der Waals surface area contributed by atoms with Gasteiger partial charge in [-0.25, -0.2) is 4.79 Å². The Morgan fingerprint density at radius 2 is 1.71 bits per heavy atom. The fourth-order valence-electron chi connectivity index (χ4n) is 0.447. The van der Waals surface area contributed by atoms with Gasteiger partial charge >= 0.3 is 16.5 Å². The third kappa shape index (κ3) is 25.4. The lowest BCUT2D eigenvalue weighted by Gasteiger charge is -2.19. The zero-order chi connectivity index (χ0) is 14.3. The maximum absolute atomic E-state index is 10.9. The molecule has 0 fully saturated rings. The molecule has 4 N–H and O–H groups in total. The number of thioether (sulfide) groups is 1. The van der Waals surface area contributed by atoms with Crippen molar-refractivity contribution in [1.29, 1.82) is 5.41 Å². The summed E-state index contributed by atoms with van der Waals surface area (Å²) in [5, 5.41) is 9.49. The summed E-state index contributed by atoms with van der Waals surface area (Å²) in [5.74, 6) is 0. The van der Waals surface area contributed by atoms with Crippen LogP contribution in [0.3, 0.4) is 0 Å². The molecule has 102 valence electrons. The molecule has 0 radical (unpaired) electrons. The van der Waals surface area contributed by atoms with Gasteiger partial charge < -0.3 is 4.74 Å². The van der Waals surface area contributed by atoms with Crippen molar-refractivity contribution in [3.63, 3.8) is 0 Å². The molecule has 0 spiro atoms. The van der Waals surface area contributed by atoms with Gasteiger partial charge in [0.25, 0.3) is 0 Å². The second kappa shape index (κ2) is 7.48. The zero-order valence-corrected chi connectivity index (χ0v) is 11.5. The summed E-state index contributed by atoms with van der Waals surface area (Å²) in [7, 11) is -4.67. The van der Waals surface area contributed by atoms with Crippen LogP contribution in [0, 0.1) is 5.41 Å². The molecule has 0 aromatic carbocycles. The SMILES string of the molecule is CSC(=N)NC(=O)OC(C)(C)C.O=S(=O)(O)O. The smallest absolute Gasteiger partial charge is 0.413 e. The van der Waals surface area contributed by atoms with Gasteiger partial charge in [-0.2, -0.15) is 8.42 Å². The summed E-state index contributed by atoms with van der Waals surface area (Å²) in [6.07, 6.45) is 1.13. The predicted molar refractivity (Wildman–Crippen MR) is 64.8 cm³/mol. The maximum Gasteiger partial charge on any atom is 0.413 e. The van der Waals surface area contributed by atoms with Gasteiger partial charge in [-0.05, 0) is 27.0 Å². The molecule has 0 bridgehead atoms. The molecule has 17 heavy (non-hydrogen) atoms. The lowest BCUT2D eigenvalue weighted by atomic mass is 10.2. The molecule has 0 atom stereocenters. The number of carbonyl (C=O) groups excluding carboxylic acids is 1. The minimum Gasteiger partial charge on any atom is -0.444 e. The van der Waals surface area contributed by atoms with E-state index in [1.807, 2.05) is 0 Å². The molecule has 0 aromatic rings. The van der Waals surface area contributed by atoms with Crippen LogP contribution in [0.2, 0.25) is 0 Å². The highest BCUT2D eigenvalue weighted by Gasteiger charge is 2.16. The van der Waals surface area contributed by atoms with Crippen LogP contribution >= 0.6 is 11.8 Å². The first-order valence-electron chi connectivity index (χ1n) is 4.17. The first kappa shape index (κ1) is 18.5. The van der Waals surface area contributed by atoms with E-state index >= 15 is 0 Å². The quantitative estimate of drug-likeness (QED) is 0.298. The van der Waals surface area contributed by atoms with Gasteiger partial charge in [0.05, 0.1) is 0 Å². The molecule has 0 aromatic heterocycles. The number of hydrogen-bond acceptors (Lipinski definition) is 6. The van der Waals surface area contributed by atoms with Crippen molar-refractivity contribution in [1.82, 2.24) is 5.32 Å². The zero-order valence-electron chi connectivity index (χ0n) is 9.84. The molecule has 8 nitrogen and oxygen atoms in total. The molecular formula is C7H16N2O6S2. The van der Waals surface area contributed by atoms with E-state index in [0.717, 1.165) is 11.8 Å². The molecule has 0 saturated heterocycles. The second-order valence-corrected chi connectivity index (χ2v) is 5.32. The maximum atomic E-state index is 10.9. The number of nitrogens with one attached hydrogen (secondary N) is 2. The summed E-state index contributed by atoms with van der Waals surface area (Å²) in [4.78, 5) is 10.9. The molecule has 0 aliphatic heterocycles. The van der Waals surface area contributed by atoms with Crippen LogP contribution < -0.4 is 5.32 Å². The highest BCUT2D eigenvalue weighted by atomic mass is 32.3. The van der Waals surface area contributed by atoms with Crippen LogP contribution in [0.15, 0.2) is 0 Å². The van der Waals surface area contributed by atoms with Crippen molar-refractivity contribution >= 4 is 33.4 Å². The fraction of sp³-hybridized carbons (Fsp3) is 0.714. The highest BCUT2D eigenvalue weighted by Crippen LogP contribution is 2.06. The van der Waals surface area contributed by atoms with Crippen molar-refractivity contribution in [3.05, 3.63) is 0 Å². The van der Waals surface area contributed by atoms with Gasteiger partial charge in [-0.1, -0.05) is 11.8 Å². The highest BCUT2D eigenvalue weighted by molar-refractivity contribution is 8.13. The molecule has 1 amide bonds. The number of amides is 1. The van der Waals surface area contributed by atoms with Gasteiger partial charge in [0.1, 0.15) is 5.60 Å². The standard InChI is InChI=1S/C7H14N2O2S.H2O4S/c1-7(2,3)11-6(10)9-5(8)12-4;1-5(2,3)4/h1-4H3,(H2,8,9,10);(H2,1,2,3,4). The Balaban J connectivity index is 0. The third-order valence-corrected chi connectivity index (χ3v) is 1.33. The van der Waals surface area contributed by atoms with Crippen LogP contribution in [0.4, 0.5) is 4.79 Å². The monoisotopic (exact) mass is 288 g/mol. The van der Waals surface area contributed by atoms with Gasteiger partial charge in [0, 0.05) is 0 Å². The Morgan fingerprint density at radius 1 is 1.35 bits per heavy atom. The normalized spacial score (nSPS) is 10.9. The topological polar surface area (TPSA) is 137 Å². The van der Waals surface area contributed by atoms with Crippen molar-refractivity contribution < 1.29 is 27.1 Å². The van der Waals surface area contributed by atoms with Crippen molar-refractivity contribution in [2.45, 2.75) is 26.4 Å². The lowest BCUT2D eigenvalue weighted by molar-refractivity contribution is 0.0564. The molecule has 0 rings (SSSR count). The Bertz CT molecular complexity index is 351. The summed E-state index contributed by atoms with van der Waals surface area (Å²) < 4.78 is 36.5. The molecule has 0 saturated carbocycles. The Hall–Kier alpha value is -0.840. The number of alkyl carbamates (subject to hydrolysis) is 1. The first-order valence-corrected chi connectivity index (χ1v) is 6.79. The first-order chi connectivity index (χ1) is 7.35. The number of hydrogen-bond donors (Lipinski definition) is 4. The van der Waals surface area contributed by atoms with Crippen molar-refractivity contribution in [3.8, 4) is 0 Å². The van der Waals surface area contributed by atoms with Crippen LogP contribution in [-0.4, -0.2) is 40.6 Å². The molecule has 0 aliphatic rings. The Morgan fingerprint density at radius 3 is 1.94 bits per heavy atom. The van der Waals surface area contributed by atoms with Crippen LogP contribution in [0.1, 0.15) is 20.8 Å². The largest absolute Gasteiger partial charge is 0.444 e. The summed E-state index contributed by atoms with van der Waals surface area (Å²) in [6.45, 7) is 5.32. The second-order valence-electron chi connectivity index (χ2n) is 3.61. The van der Waals surface area contributed by atoms with Crippen LogP contribution in [0.5, 0.6) is 0 Å². The average Bonchev–Trinajstić information content (AvgIpc) is 1.96. The van der Waals surface area contributed by atoms with Crippen molar-refractivity contribution in [2.75, 3.05) is 6.26 Å². The van der Waals surface area contributed by atoms with E-state index in [1.54, 1.807) is 27.0 Å². The average molecular weight is 288 g/mol. The van der Waals surface area contributed by atoms with Crippen molar-refractivity contribution in [2.24, 2.45) is 0 Å². The van der Waals surface area contributed by atoms with Gasteiger partial charge in [-0.15, -0.1) is 0 Å². The van der Waals surface area contributed by atoms with Crippen LogP contribution in [0.25, 0.3) is 0 Å². The minimum atomic E-state index is -4.67. The third-order valence-electron chi connectivity index (χ3n) is 0.819. The molecule has 0 unspecified atom stereocenters. The van der Waals surface area contributed by atoms with E-state index in [4.69, 9.17) is 27.7 Å². The number of carbonyl (C=O) groups is 1. The predicted octanol–water partition coefficient (Wildman–Crippen LogP) is 1.16. The number of ether oxygens (including phenoxy) is 1. The van der Waals surface area contributed by atoms with Gasteiger partial charge in [0.15, 0.2) is 5.17 Å². The Kier molecular flexibility index (Phi) is 8.15. The summed E-state index contributed by atoms with van der Waals surface area (Å²) in [5.41, 5.74) is -0.511. The van der Waals surface area contributed by atoms with E-state index in [2.05, 4.69) is 5.32 Å². The molecular weight excluding hydrogens is 272 g/mol. The van der Waals surface area contributed by atoms with E-state index < -0.39 is 22.1 Å². The summed E-state index contributed by atoms with van der Waals surface area (Å²) in [6, 6.07) is 0. The summed E-state index contributed by atoms with van der Waals surface area (Å²) >= 11 is 1.15. The molecule has 10 heteroatoms. The van der Waals surface area contributed by atoms with Crippen LogP contribution in [-0.2, 0) is 15.1 Å². The van der Waals surface area contributed by atoms with E-state index in [1.165, 1.54) is 0 Å². The van der Waals surface area contributed by atoms with E-state index in [0.29, 0.717) is 0 Å².